The first-order valence-corrected chi connectivity index (χ1v) is 4.44. The highest BCUT2D eigenvalue weighted by Crippen LogP contribution is 2.12. The van der Waals surface area contributed by atoms with E-state index in [4.69, 9.17) is 9.84 Å². The van der Waals surface area contributed by atoms with Crippen molar-refractivity contribution in [2.24, 2.45) is 0 Å². The molecule has 1 aromatic heterocycles. The first-order chi connectivity index (χ1) is 6.09. The molecule has 0 radical (unpaired) electrons. The van der Waals surface area contributed by atoms with Crippen LogP contribution in [0.3, 0.4) is 0 Å². The number of hydrogen-bond donors (Lipinski definition) is 1. The monoisotopic (exact) mass is 184 g/mol. The van der Waals surface area contributed by atoms with Gasteiger partial charge in [-0.3, -0.25) is 4.68 Å². The van der Waals surface area contributed by atoms with Crippen molar-refractivity contribution in [3.63, 3.8) is 0 Å². The molecule has 0 bridgehead atoms. The Balaban J connectivity index is 2.49. The Labute approximate surface area is 78.1 Å². The zero-order valence-corrected chi connectivity index (χ0v) is 8.27. The number of nitrogens with zero attached hydrogens (tertiary/aromatic N) is 2. The molecule has 4 heteroatoms. The molecule has 0 aliphatic carbocycles. The van der Waals surface area contributed by atoms with Gasteiger partial charge in [-0.15, -0.1) is 0 Å². The largest absolute Gasteiger partial charge is 0.488 e. The maximum absolute atomic E-state index is 8.98. The average molecular weight is 184 g/mol. The summed E-state index contributed by atoms with van der Waals surface area (Å²) in [7, 11) is 0. The van der Waals surface area contributed by atoms with E-state index in [9.17, 15) is 0 Å². The van der Waals surface area contributed by atoms with Crippen LogP contribution in [0.5, 0.6) is 5.75 Å². The Morgan fingerprint density at radius 3 is 2.69 bits per heavy atom. The van der Waals surface area contributed by atoms with Crippen molar-refractivity contribution < 1.29 is 9.84 Å². The van der Waals surface area contributed by atoms with Crippen molar-refractivity contribution in [3.8, 4) is 5.75 Å². The van der Waals surface area contributed by atoms with E-state index in [2.05, 4.69) is 5.10 Å². The molecule has 74 valence electrons. The lowest BCUT2D eigenvalue weighted by molar-refractivity contribution is 0.122. The predicted molar refractivity (Wildman–Crippen MR) is 49.8 cm³/mol. The average Bonchev–Trinajstić information content (AvgIpc) is 2.48. The van der Waals surface area contributed by atoms with E-state index in [1.807, 2.05) is 24.7 Å². The molecule has 0 fully saturated rings. The minimum absolute atomic E-state index is 0.309. The van der Waals surface area contributed by atoms with Crippen LogP contribution in [-0.2, 0) is 0 Å². The second kappa shape index (κ2) is 4.28. The van der Waals surface area contributed by atoms with Crippen molar-refractivity contribution in [3.05, 3.63) is 12.4 Å². The van der Waals surface area contributed by atoms with E-state index in [0.717, 1.165) is 0 Å². The van der Waals surface area contributed by atoms with Crippen molar-refractivity contribution in [1.82, 2.24) is 9.78 Å². The van der Waals surface area contributed by atoms with Crippen LogP contribution in [0.4, 0.5) is 0 Å². The molecule has 0 unspecified atom stereocenters. The number of ether oxygens (including phenoxy) is 1. The van der Waals surface area contributed by atoms with E-state index >= 15 is 0 Å². The highest BCUT2D eigenvalue weighted by atomic mass is 16.5. The molecule has 0 spiro atoms. The molecule has 0 saturated carbocycles. The first-order valence-electron chi connectivity index (χ1n) is 4.44. The van der Waals surface area contributed by atoms with Crippen LogP contribution in [0.25, 0.3) is 0 Å². The van der Waals surface area contributed by atoms with Crippen LogP contribution in [0.1, 0.15) is 26.8 Å². The van der Waals surface area contributed by atoms with Gasteiger partial charge in [0.15, 0.2) is 5.75 Å². The summed E-state index contributed by atoms with van der Waals surface area (Å²) < 4.78 is 7.08. The SMILES string of the molecule is CC(C)n1cc(OC[C@H](C)O)cn1. The highest BCUT2D eigenvalue weighted by molar-refractivity contribution is 5.11. The lowest BCUT2D eigenvalue weighted by Crippen LogP contribution is -2.12. The van der Waals surface area contributed by atoms with E-state index in [1.165, 1.54) is 0 Å². The van der Waals surface area contributed by atoms with Crippen molar-refractivity contribution >= 4 is 0 Å². The van der Waals surface area contributed by atoms with Gasteiger partial charge in [-0.1, -0.05) is 0 Å². The number of aliphatic hydroxyl groups excluding tert-OH is 1. The summed E-state index contributed by atoms with van der Waals surface area (Å²) in [6.45, 7) is 6.09. The van der Waals surface area contributed by atoms with Crippen LogP contribution in [0.2, 0.25) is 0 Å². The van der Waals surface area contributed by atoms with Gasteiger partial charge in [0, 0.05) is 6.04 Å². The van der Waals surface area contributed by atoms with Crippen molar-refractivity contribution in [2.45, 2.75) is 32.9 Å². The lowest BCUT2D eigenvalue weighted by atomic mass is 10.4. The van der Waals surface area contributed by atoms with Gasteiger partial charge in [0.2, 0.25) is 0 Å². The summed E-state index contributed by atoms with van der Waals surface area (Å²) >= 11 is 0. The van der Waals surface area contributed by atoms with Crippen LogP contribution in [-0.4, -0.2) is 27.6 Å². The number of rotatable bonds is 4. The van der Waals surface area contributed by atoms with Gasteiger partial charge in [0.25, 0.3) is 0 Å². The van der Waals surface area contributed by atoms with E-state index in [0.29, 0.717) is 18.4 Å². The molecule has 4 nitrogen and oxygen atoms in total. The van der Waals surface area contributed by atoms with E-state index in [-0.39, 0.29) is 0 Å². The molecule has 1 rings (SSSR count). The first kappa shape index (κ1) is 10.1. The predicted octanol–water partition coefficient (Wildman–Crippen LogP) is 1.22. The molecule has 0 aliphatic rings. The molecule has 0 amide bonds. The van der Waals surface area contributed by atoms with Gasteiger partial charge in [-0.25, -0.2) is 0 Å². The van der Waals surface area contributed by atoms with Crippen molar-refractivity contribution in [2.75, 3.05) is 6.61 Å². The third-order valence-corrected chi connectivity index (χ3v) is 1.60. The smallest absolute Gasteiger partial charge is 0.157 e. The van der Waals surface area contributed by atoms with Gasteiger partial charge in [-0.05, 0) is 20.8 Å². The number of hydrogen-bond acceptors (Lipinski definition) is 3. The van der Waals surface area contributed by atoms with Crippen LogP contribution < -0.4 is 4.74 Å². The van der Waals surface area contributed by atoms with Gasteiger partial charge in [0.05, 0.1) is 18.5 Å². The van der Waals surface area contributed by atoms with Crippen LogP contribution >= 0.6 is 0 Å². The second-order valence-corrected chi connectivity index (χ2v) is 3.41. The van der Waals surface area contributed by atoms with Crippen LogP contribution in [0.15, 0.2) is 12.4 Å². The Kier molecular flexibility index (Phi) is 3.31. The third-order valence-electron chi connectivity index (χ3n) is 1.60. The van der Waals surface area contributed by atoms with Gasteiger partial charge in [-0.2, -0.15) is 5.10 Å². The summed E-state index contributed by atoms with van der Waals surface area (Å²) in [5.74, 6) is 0.703. The van der Waals surface area contributed by atoms with Gasteiger partial charge >= 0.3 is 0 Å². The molecule has 0 aliphatic heterocycles. The minimum Gasteiger partial charge on any atom is -0.488 e. The molecule has 1 heterocycles. The zero-order valence-electron chi connectivity index (χ0n) is 8.27. The Morgan fingerprint density at radius 2 is 2.23 bits per heavy atom. The molecule has 0 aromatic carbocycles. The zero-order chi connectivity index (χ0) is 9.84. The summed E-state index contributed by atoms with van der Waals surface area (Å²) in [4.78, 5) is 0. The van der Waals surface area contributed by atoms with E-state index < -0.39 is 6.10 Å². The minimum atomic E-state index is -0.442. The lowest BCUT2D eigenvalue weighted by Gasteiger charge is -2.05. The molecular weight excluding hydrogens is 168 g/mol. The fourth-order valence-corrected chi connectivity index (χ4v) is 0.894. The molecule has 1 aromatic rings. The third kappa shape index (κ3) is 3.06. The van der Waals surface area contributed by atoms with Crippen LogP contribution in [0, 0.1) is 0 Å². The quantitative estimate of drug-likeness (QED) is 0.765. The normalized spacial score (nSPS) is 13.3. The summed E-state index contributed by atoms with van der Waals surface area (Å²) in [6, 6.07) is 0.337. The fraction of sp³-hybridized carbons (Fsp3) is 0.667. The molecule has 13 heavy (non-hydrogen) atoms. The number of aliphatic hydroxyl groups is 1. The molecule has 0 saturated heterocycles. The topological polar surface area (TPSA) is 47.3 Å². The molecule has 1 atom stereocenters. The maximum atomic E-state index is 8.98. The Hall–Kier alpha value is -1.03. The van der Waals surface area contributed by atoms with Gasteiger partial charge < -0.3 is 9.84 Å². The Bertz CT molecular complexity index is 256. The highest BCUT2D eigenvalue weighted by Gasteiger charge is 2.03. The summed E-state index contributed by atoms with van der Waals surface area (Å²) in [6.07, 6.45) is 3.04. The molecule has 1 N–H and O–H groups in total. The molecular formula is C9H16N2O2. The van der Waals surface area contributed by atoms with Gasteiger partial charge in [0.1, 0.15) is 6.61 Å². The standard InChI is InChI=1S/C9H16N2O2/c1-7(2)11-5-9(4-10-11)13-6-8(3)12/h4-5,7-8,12H,6H2,1-3H3/t8-/m0/s1. The Morgan fingerprint density at radius 1 is 1.54 bits per heavy atom. The second-order valence-electron chi connectivity index (χ2n) is 3.41. The van der Waals surface area contributed by atoms with Crippen molar-refractivity contribution in [1.29, 1.82) is 0 Å². The summed E-state index contributed by atoms with van der Waals surface area (Å²) in [5.41, 5.74) is 0. The number of aromatic nitrogens is 2. The fourth-order valence-electron chi connectivity index (χ4n) is 0.894. The van der Waals surface area contributed by atoms with E-state index in [1.54, 1.807) is 13.1 Å². The summed E-state index contributed by atoms with van der Waals surface area (Å²) in [5, 5.41) is 13.1. The maximum Gasteiger partial charge on any atom is 0.157 e.